The first-order chi connectivity index (χ1) is 7.75. The summed E-state index contributed by atoms with van der Waals surface area (Å²) in [4.78, 5) is 2.48. The molecule has 1 heterocycles. The molecule has 1 aliphatic rings. The predicted octanol–water partition coefficient (Wildman–Crippen LogP) is 3.50. The number of halogens is 2. The molecule has 0 aromatic heterocycles. The van der Waals surface area contributed by atoms with Crippen LogP contribution in [0.1, 0.15) is 12.8 Å². The molecule has 1 aliphatic heterocycles. The van der Waals surface area contributed by atoms with Gasteiger partial charge in [-0.3, -0.25) is 0 Å². The van der Waals surface area contributed by atoms with Crippen molar-refractivity contribution < 1.29 is 0 Å². The summed E-state index contributed by atoms with van der Waals surface area (Å²) in [7, 11) is 0. The summed E-state index contributed by atoms with van der Waals surface area (Å²) in [5, 5.41) is 4.56. The van der Waals surface area contributed by atoms with Crippen molar-refractivity contribution >= 4 is 28.9 Å². The standard InChI is InChI=1S/C12H16Cl2N2/c13-11-4-3-10(9-12(11)14)15-5-8-16-6-1-2-7-16/h3-4,9,15H,1-2,5-8H2. The Labute approximate surface area is 107 Å². The number of anilines is 1. The monoisotopic (exact) mass is 258 g/mol. The highest BCUT2D eigenvalue weighted by Gasteiger charge is 2.10. The second-order valence-electron chi connectivity index (χ2n) is 4.10. The van der Waals surface area contributed by atoms with Crippen LogP contribution < -0.4 is 5.32 Å². The molecule has 0 unspecified atom stereocenters. The zero-order valence-electron chi connectivity index (χ0n) is 9.18. The molecule has 0 radical (unpaired) electrons. The van der Waals surface area contributed by atoms with E-state index in [1.54, 1.807) is 0 Å². The fraction of sp³-hybridized carbons (Fsp3) is 0.500. The van der Waals surface area contributed by atoms with Crippen LogP contribution in [0.25, 0.3) is 0 Å². The summed E-state index contributed by atoms with van der Waals surface area (Å²) in [6.07, 6.45) is 2.68. The average molecular weight is 259 g/mol. The topological polar surface area (TPSA) is 15.3 Å². The molecule has 0 atom stereocenters. The maximum Gasteiger partial charge on any atom is 0.0612 e. The van der Waals surface area contributed by atoms with Crippen LogP contribution >= 0.6 is 23.2 Å². The van der Waals surface area contributed by atoms with Gasteiger partial charge in [0.25, 0.3) is 0 Å². The second-order valence-corrected chi connectivity index (χ2v) is 4.92. The Hall–Kier alpha value is -0.440. The van der Waals surface area contributed by atoms with Crippen molar-refractivity contribution in [2.24, 2.45) is 0 Å². The summed E-state index contributed by atoms with van der Waals surface area (Å²) in [5.74, 6) is 0. The molecular formula is C12H16Cl2N2. The highest BCUT2D eigenvalue weighted by atomic mass is 35.5. The van der Waals surface area contributed by atoms with Crippen LogP contribution in [0.2, 0.25) is 10.0 Å². The third-order valence-corrected chi connectivity index (χ3v) is 3.61. The average Bonchev–Trinajstić information content (AvgIpc) is 2.76. The van der Waals surface area contributed by atoms with Gasteiger partial charge in [0.2, 0.25) is 0 Å². The first kappa shape index (κ1) is 12.0. The molecule has 1 aromatic carbocycles. The highest BCUT2D eigenvalue weighted by Crippen LogP contribution is 2.24. The minimum atomic E-state index is 0.603. The Morgan fingerprint density at radius 2 is 1.88 bits per heavy atom. The van der Waals surface area contributed by atoms with Crippen LogP contribution in [-0.4, -0.2) is 31.1 Å². The fourth-order valence-electron chi connectivity index (χ4n) is 1.97. The minimum Gasteiger partial charge on any atom is -0.384 e. The van der Waals surface area contributed by atoms with E-state index in [2.05, 4.69) is 10.2 Å². The molecule has 2 nitrogen and oxygen atoms in total. The van der Waals surface area contributed by atoms with Crippen molar-refractivity contribution in [3.63, 3.8) is 0 Å². The van der Waals surface area contributed by atoms with E-state index in [1.807, 2.05) is 18.2 Å². The number of nitrogens with one attached hydrogen (secondary N) is 1. The van der Waals surface area contributed by atoms with Crippen LogP contribution in [0, 0.1) is 0 Å². The third-order valence-electron chi connectivity index (χ3n) is 2.88. The predicted molar refractivity (Wildman–Crippen MR) is 70.6 cm³/mol. The van der Waals surface area contributed by atoms with E-state index in [-0.39, 0.29) is 0 Å². The quantitative estimate of drug-likeness (QED) is 0.890. The van der Waals surface area contributed by atoms with E-state index in [0.717, 1.165) is 18.8 Å². The van der Waals surface area contributed by atoms with E-state index in [9.17, 15) is 0 Å². The normalized spacial score (nSPS) is 16.6. The molecule has 4 heteroatoms. The van der Waals surface area contributed by atoms with Crippen LogP contribution in [0.15, 0.2) is 18.2 Å². The number of rotatable bonds is 4. The van der Waals surface area contributed by atoms with Crippen LogP contribution in [0.5, 0.6) is 0 Å². The molecule has 1 saturated heterocycles. The van der Waals surface area contributed by atoms with Crippen LogP contribution in [-0.2, 0) is 0 Å². The van der Waals surface area contributed by atoms with Gasteiger partial charge in [0, 0.05) is 18.8 Å². The minimum absolute atomic E-state index is 0.603. The van der Waals surface area contributed by atoms with E-state index in [4.69, 9.17) is 23.2 Å². The fourth-order valence-corrected chi connectivity index (χ4v) is 2.27. The molecule has 0 aliphatic carbocycles. The van der Waals surface area contributed by atoms with Crippen molar-refractivity contribution in [2.45, 2.75) is 12.8 Å². The Kier molecular flexibility index (Phi) is 4.33. The molecule has 0 saturated carbocycles. The molecule has 0 spiro atoms. The molecule has 1 aromatic rings. The van der Waals surface area contributed by atoms with Gasteiger partial charge in [-0.15, -0.1) is 0 Å². The molecule has 1 fully saturated rings. The van der Waals surface area contributed by atoms with Crippen molar-refractivity contribution in [1.29, 1.82) is 0 Å². The smallest absolute Gasteiger partial charge is 0.0612 e. The van der Waals surface area contributed by atoms with Gasteiger partial charge in [-0.05, 0) is 44.1 Å². The Morgan fingerprint density at radius 1 is 1.12 bits per heavy atom. The van der Waals surface area contributed by atoms with Crippen molar-refractivity contribution in [2.75, 3.05) is 31.5 Å². The molecule has 88 valence electrons. The van der Waals surface area contributed by atoms with Gasteiger partial charge in [0.05, 0.1) is 10.0 Å². The number of hydrogen-bond acceptors (Lipinski definition) is 2. The van der Waals surface area contributed by atoms with E-state index < -0.39 is 0 Å². The molecule has 0 amide bonds. The molecule has 1 N–H and O–H groups in total. The summed E-state index contributed by atoms with van der Waals surface area (Å²) in [6, 6.07) is 5.65. The number of nitrogens with zero attached hydrogens (tertiary/aromatic N) is 1. The van der Waals surface area contributed by atoms with Gasteiger partial charge in [-0.25, -0.2) is 0 Å². The van der Waals surface area contributed by atoms with Crippen molar-refractivity contribution in [3.05, 3.63) is 28.2 Å². The molecule has 16 heavy (non-hydrogen) atoms. The first-order valence-electron chi connectivity index (χ1n) is 5.67. The number of likely N-dealkylation sites (tertiary alicyclic amines) is 1. The lowest BCUT2D eigenvalue weighted by atomic mass is 10.3. The van der Waals surface area contributed by atoms with Crippen LogP contribution in [0.4, 0.5) is 5.69 Å². The second kappa shape index (κ2) is 5.76. The maximum atomic E-state index is 5.94. The van der Waals surface area contributed by atoms with Crippen molar-refractivity contribution in [1.82, 2.24) is 4.90 Å². The third kappa shape index (κ3) is 3.27. The van der Waals surface area contributed by atoms with E-state index >= 15 is 0 Å². The maximum absolute atomic E-state index is 5.94. The van der Waals surface area contributed by atoms with E-state index in [0.29, 0.717) is 10.0 Å². The molecule has 0 bridgehead atoms. The van der Waals surface area contributed by atoms with Gasteiger partial charge < -0.3 is 10.2 Å². The lowest BCUT2D eigenvalue weighted by Crippen LogP contribution is -2.25. The SMILES string of the molecule is Clc1ccc(NCCN2CCCC2)cc1Cl. The highest BCUT2D eigenvalue weighted by molar-refractivity contribution is 6.42. The largest absolute Gasteiger partial charge is 0.384 e. The Bertz CT molecular complexity index is 349. The molecular weight excluding hydrogens is 243 g/mol. The molecule has 2 rings (SSSR count). The lowest BCUT2D eigenvalue weighted by molar-refractivity contribution is 0.352. The Morgan fingerprint density at radius 3 is 2.56 bits per heavy atom. The Balaban J connectivity index is 1.78. The van der Waals surface area contributed by atoms with Gasteiger partial charge >= 0.3 is 0 Å². The number of hydrogen-bond donors (Lipinski definition) is 1. The summed E-state index contributed by atoms with van der Waals surface area (Å²) < 4.78 is 0. The summed E-state index contributed by atoms with van der Waals surface area (Å²) in [5.41, 5.74) is 1.04. The van der Waals surface area contributed by atoms with Gasteiger partial charge in [-0.2, -0.15) is 0 Å². The zero-order valence-corrected chi connectivity index (χ0v) is 10.7. The van der Waals surface area contributed by atoms with Crippen molar-refractivity contribution in [3.8, 4) is 0 Å². The number of benzene rings is 1. The zero-order chi connectivity index (χ0) is 11.4. The van der Waals surface area contributed by atoms with Gasteiger partial charge in [0.1, 0.15) is 0 Å². The first-order valence-corrected chi connectivity index (χ1v) is 6.42. The summed E-state index contributed by atoms with van der Waals surface area (Å²) >= 11 is 11.8. The lowest BCUT2D eigenvalue weighted by Gasteiger charge is -2.15. The van der Waals surface area contributed by atoms with Crippen LogP contribution in [0.3, 0.4) is 0 Å². The van der Waals surface area contributed by atoms with E-state index in [1.165, 1.54) is 25.9 Å². The summed E-state index contributed by atoms with van der Waals surface area (Å²) in [6.45, 7) is 4.53. The van der Waals surface area contributed by atoms with Gasteiger partial charge in [0.15, 0.2) is 0 Å². The van der Waals surface area contributed by atoms with Gasteiger partial charge in [-0.1, -0.05) is 23.2 Å².